The maximum atomic E-state index is 12.4. The predicted molar refractivity (Wildman–Crippen MR) is 77.2 cm³/mol. The molecule has 1 N–H and O–H groups in total. The SMILES string of the molecule is O=C(O)CC1CN(C(=O)c2ncc(Cl)c(Cl)c2Cl)CCO1. The lowest BCUT2D eigenvalue weighted by Crippen LogP contribution is -2.46. The Morgan fingerprint density at radius 3 is 2.76 bits per heavy atom. The van der Waals surface area contributed by atoms with Crippen LogP contribution in [-0.2, 0) is 9.53 Å². The second-order valence-electron chi connectivity index (χ2n) is 4.42. The molecule has 2 rings (SSSR count). The van der Waals surface area contributed by atoms with Gasteiger partial charge >= 0.3 is 5.97 Å². The zero-order chi connectivity index (χ0) is 15.6. The summed E-state index contributed by atoms with van der Waals surface area (Å²) in [7, 11) is 0. The molecule has 2 heterocycles. The maximum absolute atomic E-state index is 12.4. The van der Waals surface area contributed by atoms with E-state index in [0.29, 0.717) is 6.54 Å². The van der Waals surface area contributed by atoms with Crippen LogP contribution in [0.5, 0.6) is 0 Å². The first-order chi connectivity index (χ1) is 9.90. The van der Waals surface area contributed by atoms with E-state index in [4.69, 9.17) is 44.6 Å². The van der Waals surface area contributed by atoms with E-state index in [1.807, 2.05) is 0 Å². The minimum atomic E-state index is -0.986. The highest BCUT2D eigenvalue weighted by molar-refractivity contribution is 6.48. The van der Waals surface area contributed by atoms with Gasteiger partial charge in [-0.2, -0.15) is 0 Å². The number of carboxylic acid groups (broad SMARTS) is 1. The standard InChI is InChI=1S/C12H11Cl3N2O4/c13-7-4-16-11(10(15)9(7)14)12(20)17-1-2-21-6(5-17)3-8(18)19/h4,6H,1-3,5H2,(H,18,19). The summed E-state index contributed by atoms with van der Waals surface area (Å²) >= 11 is 17.6. The van der Waals surface area contributed by atoms with E-state index in [2.05, 4.69) is 4.98 Å². The molecule has 1 aromatic rings. The van der Waals surface area contributed by atoms with Crippen molar-refractivity contribution in [2.75, 3.05) is 19.7 Å². The number of hydrogen-bond acceptors (Lipinski definition) is 4. The fourth-order valence-corrected chi connectivity index (χ4v) is 2.53. The fourth-order valence-electron chi connectivity index (χ4n) is 1.96. The molecule has 0 bridgehead atoms. The van der Waals surface area contributed by atoms with Crippen LogP contribution in [0.1, 0.15) is 16.9 Å². The van der Waals surface area contributed by atoms with Crippen molar-refractivity contribution in [1.29, 1.82) is 0 Å². The Bertz CT molecular complexity index is 582. The molecule has 114 valence electrons. The summed E-state index contributed by atoms with van der Waals surface area (Å²) in [4.78, 5) is 28.4. The van der Waals surface area contributed by atoms with Crippen LogP contribution in [0, 0.1) is 0 Å². The highest BCUT2D eigenvalue weighted by Gasteiger charge is 2.29. The van der Waals surface area contributed by atoms with Gasteiger partial charge < -0.3 is 14.7 Å². The van der Waals surface area contributed by atoms with Gasteiger partial charge in [-0.15, -0.1) is 0 Å². The lowest BCUT2D eigenvalue weighted by Gasteiger charge is -2.32. The Morgan fingerprint density at radius 2 is 2.10 bits per heavy atom. The summed E-state index contributed by atoms with van der Waals surface area (Å²) in [5.41, 5.74) is -0.0120. The number of hydrogen-bond donors (Lipinski definition) is 1. The molecular weight excluding hydrogens is 343 g/mol. The van der Waals surface area contributed by atoms with Gasteiger partial charge in [0.25, 0.3) is 5.91 Å². The topological polar surface area (TPSA) is 79.7 Å². The van der Waals surface area contributed by atoms with Crippen molar-refractivity contribution in [2.45, 2.75) is 12.5 Å². The third-order valence-corrected chi connectivity index (χ3v) is 4.19. The van der Waals surface area contributed by atoms with E-state index < -0.39 is 18.0 Å². The van der Waals surface area contributed by atoms with Crippen LogP contribution in [0.3, 0.4) is 0 Å². The highest BCUT2D eigenvalue weighted by atomic mass is 35.5. The van der Waals surface area contributed by atoms with E-state index in [-0.39, 0.29) is 40.3 Å². The molecule has 0 saturated carbocycles. The molecule has 1 saturated heterocycles. The average Bonchev–Trinajstić information content (AvgIpc) is 2.44. The number of carbonyl (C=O) groups excluding carboxylic acids is 1. The zero-order valence-electron chi connectivity index (χ0n) is 10.7. The second kappa shape index (κ2) is 6.79. The monoisotopic (exact) mass is 352 g/mol. The van der Waals surface area contributed by atoms with Crippen molar-refractivity contribution in [1.82, 2.24) is 9.88 Å². The van der Waals surface area contributed by atoms with Gasteiger partial charge in [-0.3, -0.25) is 9.59 Å². The van der Waals surface area contributed by atoms with Crippen molar-refractivity contribution in [3.05, 3.63) is 27.0 Å². The molecule has 0 aromatic carbocycles. The van der Waals surface area contributed by atoms with Crippen molar-refractivity contribution in [3.63, 3.8) is 0 Å². The van der Waals surface area contributed by atoms with Crippen molar-refractivity contribution in [3.8, 4) is 0 Å². The number of aromatic nitrogens is 1. The molecule has 1 amide bonds. The summed E-state index contributed by atoms with van der Waals surface area (Å²) in [6.45, 7) is 0.735. The minimum absolute atomic E-state index is 0.0120. The third kappa shape index (κ3) is 3.77. The number of nitrogens with zero attached hydrogens (tertiary/aromatic N) is 2. The van der Waals surface area contributed by atoms with Gasteiger partial charge in [0.1, 0.15) is 5.69 Å². The quantitative estimate of drug-likeness (QED) is 0.902. The van der Waals surface area contributed by atoms with Crippen LogP contribution in [0.15, 0.2) is 6.20 Å². The van der Waals surface area contributed by atoms with Crippen LogP contribution >= 0.6 is 34.8 Å². The third-order valence-electron chi connectivity index (χ3n) is 2.95. The zero-order valence-corrected chi connectivity index (χ0v) is 13.0. The van der Waals surface area contributed by atoms with Gasteiger partial charge in [0.05, 0.1) is 34.2 Å². The molecule has 0 radical (unpaired) electrons. The van der Waals surface area contributed by atoms with Gasteiger partial charge in [0.15, 0.2) is 0 Å². The summed E-state index contributed by atoms with van der Waals surface area (Å²) in [6, 6.07) is 0. The lowest BCUT2D eigenvalue weighted by atomic mass is 10.2. The predicted octanol–water partition coefficient (Wildman–Crippen LogP) is 2.36. The number of pyridine rings is 1. The van der Waals surface area contributed by atoms with Crippen molar-refractivity contribution >= 4 is 46.7 Å². The number of morpholine rings is 1. The van der Waals surface area contributed by atoms with Crippen LogP contribution in [0.2, 0.25) is 15.1 Å². The number of carbonyl (C=O) groups is 2. The highest BCUT2D eigenvalue weighted by Crippen LogP contribution is 2.31. The molecule has 1 atom stereocenters. The summed E-state index contributed by atoms with van der Waals surface area (Å²) in [5, 5.41) is 8.97. The molecule has 1 aliphatic rings. The first-order valence-electron chi connectivity index (χ1n) is 6.02. The van der Waals surface area contributed by atoms with Gasteiger partial charge in [-0.05, 0) is 0 Å². The minimum Gasteiger partial charge on any atom is -0.481 e. The molecule has 0 aliphatic carbocycles. The van der Waals surface area contributed by atoms with E-state index in [1.54, 1.807) is 0 Å². The summed E-state index contributed by atoms with van der Waals surface area (Å²) in [5.74, 6) is -1.42. The number of rotatable bonds is 3. The van der Waals surface area contributed by atoms with Crippen LogP contribution in [0.4, 0.5) is 0 Å². The van der Waals surface area contributed by atoms with Crippen LogP contribution < -0.4 is 0 Å². The van der Waals surface area contributed by atoms with Crippen molar-refractivity contribution in [2.24, 2.45) is 0 Å². The molecule has 1 fully saturated rings. The normalized spacial score (nSPS) is 18.6. The maximum Gasteiger partial charge on any atom is 0.306 e. The summed E-state index contributed by atoms with van der Waals surface area (Å²) in [6.07, 6.45) is 0.520. The largest absolute Gasteiger partial charge is 0.481 e. The van der Waals surface area contributed by atoms with E-state index >= 15 is 0 Å². The van der Waals surface area contributed by atoms with Crippen molar-refractivity contribution < 1.29 is 19.4 Å². The number of amides is 1. The molecule has 0 spiro atoms. The first-order valence-corrected chi connectivity index (χ1v) is 7.15. The van der Waals surface area contributed by atoms with E-state index in [0.717, 1.165) is 0 Å². The van der Waals surface area contributed by atoms with Gasteiger partial charge in [-0.25, -0.2) is 4.98 Å². The van der Waals surface area contributed by atoms with Crippen LogP contribution in [0.25, 0.3) is 0 Å². The first kappa shape index (κ1) is 16.3. The Morgan fingerprint density at radius 1 is 1.38 bits per heavy atom. The Labute approximate surface area is 135 Å². The molecule has 1 unspecified atom stereocenters. The van der Waals surface area contributed by atoms with Gasteiger partial charge in [0.2, 0.25) is 0 Å². The lowest BCUT2D eigenvalue weighted by molar-refractivity contribution is -0.141. The van der Waals surface area contributed by atoms with Gasteiger partial charge in [0, 0.05) is 19.3 Å². The smallest absolute Gasteiger partial charge is 0.306 e. The number of halogens is 3. The summed E-state index contributed by atoms with van der Waals surface area (Å²) < 4.78 is 5.30. The molecule has 21 heavy (non-hydrogen) atoms. The Kier molecular flexibility index (Phi) is 5.27. The molecular formula is C12H11Cl3N2O4. The molecule has 1 aliphatic heterocycles. The Hall–Kier alpha value is -1.08. The Balaban J connectivity index is 2.16. The van der Waals surface area contributed by atoms with Crippen LogP contribution in [-0.4, -0.2) is 52.7 Å². The molecule has 9 heteroatoms. The number of carboxylic acids is 1. The molecule has 1 aromatic heterocycles. The van der Waals surface area contributed by atoms with E-state index in [9.17, 15) is 9.59 Å². The fraction of sp³-hybridized carbons (Fsp3) is 0.417. The second-order valence-corrected chi connectivity index (χ2v) is 5.59. The number of aliphatic carboxylic acids is 1. The number of ether oxygens (including phenoxy) is 1. The van der Waals surface area contributed by atoms with Gasteiger partial charge in [-0.1, -0.05) is 34.8 Å². The van der Waals surface area contributed by atoms with E-state index in [1.165, 1.54) is 11.1 Å². The average molecular weight is 354 g/mol. The molecule has 6 nitrogen and oxygen atoms in total.